The predicted octanol–water partition coefficient (Wildman–Crippen LogP) is 2.55. The van der Waals surface area contributed by atoms with E-state index in [-0.39, 0.29) is 12.2 Å². The molecule has 0 aliphatic carbocycles. The lowest BCUT2D eigenvalue weighted by Gasteiger charge is -2.10. The van der Waals surface area contributed by atoms with E-state index in [1.165, 1.54) is 20.0 Å². The molecule has 0 aromatic carbocycles. The fourth-order valence-corrected chi connectivity index (χ4v) is 2.17. The molecule has 0 radical (unpaired) electrons. The normalized spacial score (nSPS) is 28.8. The molecular weight excluding hydrogens is 203 g/mol. The number of rotatable bonds is 4. The molecule has 0 aromatic rings. The highest BCUT2D eigenvalue weighted by atomic mass is 31.2. The quantitative estimate of drug-likeness (QED) is 0.683. The molecule has 0 bridgehead atoms. The van der Waals surface area contributed by atoms with Crippen molar-refractivity contribution in [1.82, 2.24) is 0 Å². The monoisotopic (exact) mass is 220 g/mol. The van der Waals surface area contributed by atoms with E-state index >= 15 is 0 Å². The maximum atomic E-state index is 11.6. The molecule has 1 heterocycles. The van der Waals surface area contributed by atoms with Crippen LogP contribution in [-0.4, -0.2) is 26.4 Å². The number of hydrogen-bond acceptors (Lipinski definition) is 4. The molecule has 1 rings (SSSR count). The molecule has 82 valence electrons. The van der Waals surface area contributed by atoms with Gasteiger partial charge < -0.3 is 13.8 Å². The average Bonchev–Trinajstić information content (AvgIpc) is 2.61. The van der Waals surface area contributed by atoms with E-state index in [1.54, 1.807) is 6.08 Å². The van der Waals surface area contributed by atoms with Gasteiger partial charge in [-0.3, -0.25) is 4.57 Å². The Morgan fingerprint density at radius 1 is 1.36 bits per heavy atom. The molecule has 0 amide bonds. The van der Waals surface area contributed by atoms with Crippen LogP contribution in [0.2, 0.25) is 0 Å². The Labute approximate surface area is 84.8 Å². The highest BCUT2D eigenvalue weighted by Crippen LogP contribution is 2.48. The summed E-state index contributed by atoms with van der Waals surface area (Å²) in [5.41, 5.74) is 0. The molecular formula is C9H17O4P. The highest BCUT2D eigenvalue weighted by Gasteiger charge is 2.22. The molecule has 4 nitrogen and oxygen atoms in total. The minimum atomic E-state index is -3.01. The predicted molar refractivity (Wildman–Crippen MR) is 54.3 cm³/mol. The van der Waals surface area contributed by atoms with E-state index in [0.717, 1.165) is 12.8 Å². The van der Waals surface area contributed by atoms with Gasteiger partial charge in [-0.1, -0.05) is 0 Å². The van der Waals surface area contributed by atoms with Gasteiger partial charge in [0, 0.05) is 20.0 Å². The summed E-state index contributed by atoms with van der Waals surface area (Å²) in [6, 6.07) is 0. The van der Waals surface area contributed by atoms with Crippen molar-refractivity contribution >= 4 is 7.60 Å². The summed E-state index contributed by atoms with van der Waals surface area (Å²) in [5.74, 6) is 1.47. The maximum Gasteiger partial charge on any atom is 0.353 e. The third kappa shape index (κ3) is 3.21. The van der Waals surface area contributed by atoms with Crippen LogP contribution >= 0.6 is 7.60 Å². The van der Waals surface area contributed by atoms with Crippen LogP contribution < -0.4 is 0 Å². The van der Waals surface area contributed by atoms with Gasteiger partial charge >= 0.3 is 7.60 Å². The molecule has 2 atom stereocenters. The van der Waals surface area contributed by atoms with Crippen molar-refractivity contribution in [1.29, 1.82) is 0 Å². The lowest BCUT2D eigenvalue weighted by Crippen LogP contribution is -2.04. The molecule has 0 unspecified atom stereocenters. The lowest BCUT2D eigenvalue weighted by molar-refractivity contribution is 0.0833. The molecule has 1 aliphatic heterocycles. The Morgan fingerprint density at radius 3 is 2.43 bits per heavy atom. The molecule has 0 spiro atoms. The van der Waals surface area contributed by atoms with Crippen molar-refractivity contribution in [3.63, 3.8) is 0 Å². The van der Waals surface area contributed by atoms with Crippen molar-refractivity contribution < 1.29 is 18.3 Å². The summed E-state index contributed by atoms with van der Waals surface area (Å²) in [4.78, 5) is 0. The highest BCUT2D eigenvalue weighted by molar-refractivity contribution is 7.57. The van der Waals surface area contributed by atoms with Crippen molar-refractivity contribution in [2.24, 2.45) is 0 Å². The van der Waals surface area contributed by atoms with Crippen molar-refractivity contribution in [2.75, 3.05) is 14.2 Å². The van der Waals surface area contributed by atoms with Gasteiger partial charge in [0.05, 0.1) is 12.2 Å². The standard InChI is InChI=1S/C9H17O4P/c1-8-4-5-9(13-8)6-7-14(10,11-2)12-3/h6-9H,4-5H2,1-3H3/b7-6+/t8-,9+/m1/s1. The Balaban J connectivity index is 2.50. The topological polar surface area (TPSA) is 44.8 Å². The first kappa shape index (κ1) is 11.9. The van der Waals surface area contributed by atoms with E-state index in [2.05, 4.69) is 0 Å². The second-order valence-corrected chi connectivity index (χ2v) is 5.42. The smallest absolute Gasteiger partial charge is 0.353 e. The summed E-state index contributed by atoms with van der Waals surface area (Å²) in [6.07, 6.45) is 4.10. The number of ether oxygens (including phenoxy) is 1. The minimum Gasteiger partial charge on any atom is -0.371 e. The Morgan fingerprint density at radius 2 is 2.00 bits per heavy atom. The van der Waals surface area contributed by atoms with Crippen LogP contribution in [0.3, 0.4) is 0 Å². The Kier molecular flexibility index (Phi) is 4.32. The molecule has 14 heavy (non-hydrogen) atoms. The van der Waals surface area contributed by atoms with E-state index in [9.17, 15) is 4.57 Å². The van der Waals surface area contributed by atoms with E-state index in [1.807, 2.05) is 6.92 Å². The maximum absolute atomic E-state index is 11.6. The molecule has 1 saturated heterocycles. The first-order valence-corrected chi connectivity index (χ1v) is 6.27. The summed E-state index contributed by atoms with van der Waals surface area (Å²) in [6.45, 7) is 2.03. The summed E-state index contributed by atoms with van der Waals surface area (Å²) >= 11 is 0. The second-order valence-electron chi connectivity index (χ2n) is 3.31. The fourth-order valence-electron chi connectivity index (χ4n) is 1.37. The first-order chi connectivity index (χ1) is 6.59. The van der Waals surface area contributed by atoms with Gasteiger partial charge in [0.25, 0.3) is 0 Å². The lowest BCUT2D eigenvalue weighted by atomic mass is 10.2. The van der Waals surface area contributed by atoms with Crippen LogP contribution in [0.5, 0.6) is 0 Å². The third-order valence-corrected chi connectivity index (χ3v) is 3.81. The Hall–Kier alpha value is -0.150. The molecule has 1 aliphatic rings. The van der Waals surface area contributed by atoms with Crippen LogP contribution in [0.15, 0.2) is 11.9 Å². The van der Waals surface area contributed by atoms with Crippen molar-refractivity contribution in [2.45, 2.75) is 32.0 Å². The van der Waals surface area contributed by atoms with Crippen molar-refractivity contribution in [3.8, 4) is 0 Å². The first-order valence-electron chi connectivity index (χ1n) is 4.65. The third-order valence-electron chi connectivity index (χ3n) is 2.26. The van der Waals surface area contributed by atoms with Gasteiger partial charge in [-0.2, -0.15) is 0 Å². The molecule has 0 aromatic heterocycles. The molecule has 5 heteroatoms. The zero-order valence-corrected chi connectivity index (χ0v) is 9.70. The summed E-state index contributed by atoms with van der Waals surface area (Å²) < 4.78 is 26.7. The largest absolute Gasteiger partial charge is 0.371 e. The van der Waals surface area contributed by atoms with Gasteiger partial charge in [0.15, 0.2) is 0 Å². The molecule has 0 saturated carbocycles. The second kappa shape index (κ2) is 5.08. The van der Waals surface area contributed by atoms with E-state index < -0.39 is 7.60 Å². The summed E-state index contributed by atoms with van der Waals surface area (Å²) in [5, 5.41) is 0. The average molecular weight is 220 g/mol. The SMILES string of the molecule is COP(=O)(/C=C/[C@@H]1CC[C@@H](C)O1)OC. The molecule has 1 fully saturated rings. The van der Waals surface area contributed by atoms with Crippen LogP contribution in [0.1, 0.15) is 19.8 Å². The van der Waals surface area contributed by atoms with Gasteiger partial charge in [0.1, 0.15) is 0 Å². The van der Waals surface area contributed by atoms with Gasteiger partial charge in [-0.05, 0) is 25.8 Å². The van der Waals surface area contributed by atoms with Gasteiger partial charge in [-0.15, -0.1) is 0 Å². The Bertz CT molecular complexity index is 243. The van der Waals surface area contributed by atoms with Gasteiger partial charge in [-0.25, -0.2) is 0 Å². The van der Waals surface area contributed by atoms with Crippen LogP contribution in [0, 0.1) is 0 Å². The van der Waals surface area contributed by atoms with Gasteiger partial charge in [0.2, 0.25) is 0 Å². The van der Waals surface area contributed by atoms with Crippen LogP contribution in [-0.2, 0) is 18.3 Å². The van der Waals surface area contributed by atoms with E-state index in [0.29, 0.717) is 0 Å². The van der Waals surface area contributed by atoms with E-state index in [4.69, 9.17) is 13.8 Å². The van der Waals surface area contributed by atoms with Crippen LogP contribution in [0.4, 0.5) is 0 Å². The zero-order chi connectivity index (χ0) is 10.6. The fraction of sp³-hybridized carbons (Fsp3) is 0.778. The van der Waals surface area contributed by atoms with Crippen molar-refractivity contribution in [3.05, 3.63) is 11.9 Å². The molecule has 0 N–H and O–H groups in total. The van der Waals surface area contributed by atoms with Crippen LogP contribution in [0.25, 0.3) is 0 Å². The zero-order valence-electron chi connectivity index (χ0n) is 8.80. The minimum absolute atomic E-state index is 0.0450. The number of hydrogen-bond donors (Lipinski definition) is 0. The summed E-state index contributed by atoms with van der Waals surface area (Å²) in [7, 11) is -0.278.